The minimum atomic E-state index is -0.437. The molecule has 0 fully saturated rings. The summed E-state index contributed by atoms with van der Waals surface area (Å²) in [6.45, 7) is 0. The average Bonchev–Trinajstić information content (AvgIpc) is 2.77. The van der Waals surface area contributed by atoms with Crippen LogP contribution in [0.25, 0.3) is 0 Å². The molecule has 0 saturated carbocycles. The van der Waals surface area contributed by atoms with E-state index in [0.717, 1.165) is 0 Å². The third-order valence-corrected chi connectivity index (χ3v) is 1.32. The first kappa shape index (κ1) is 9.91. The van der Waals surface area contributed by atoms with Gasteiger partial charge >= 0.3 is 0 Å². The zero-order chi connectivity index (χ0) is 10.2. The van der Waals surface area contributed by atoms with E-state index in [1.54, 1.807) is 12.4 Å². The van der Waals surface area contributed by atoms with Crippen LogP contribution >= 0.6 is 0 Å². The van der Waals surface area contributed by atoms with Crippen LogP contribution in [0.15, 0.2) is 42.7 Å². The van der Waals surface area contributed by atoms with Gasteiger partial charge in [-0.25, -0.2) is 0 Å². The lowest BCUT2D eigenvalue weighted by Crippen LogP contribution is -1.84. The number of hydrogen-bond acceptors (Lipinski definition) is 3. The fraction of sp³-hybridized carbons (Fsp3) is 0. The molecule has 0 aliphatic heterocycles. The molecule has 1 heterocycles. The zero-order valence-corrected chi connectivity index (χ0v) is 7.25. The van der Waals surface area contributed by atoms with E-state index in [4.69, 9.17) is 0 Å². The van der Waals surface area contributed by atoms with Crippen LogP contribution in [-0.2, 0) is 0 Å². The van der Waals surface area contributed by atoms with Gasteiger partial charge in [0.15, 0.2) is 0 Å². The quantitative estimate of drug-likeness (QED) is 0.550. The third-order valence-electron chi connectivity index (χ3n) is 1.32. The Bertz CT molecular complexity index is 342. The predicted molar refractivity (Wildman–Crippen MR) is 50.5 cm³/mol. The second-order valence-corrected chi connectivity index (χ2v) is 2.28. The van der Waals surface area contributed by atoms with Crippen LogP contribution < -0.4 is 0 Å². The molecule has 0 aliphatic rings. The number of rotatable bonds is 1. The molecule has 71 valence electrons. The summed E-state index contributed by atoms with van der Waals surface area (Å²) >= 11 is 0. The van der Waals surface area contributed by atoms with E-state index in [0.29, 0.717) is 0 Å². The van der Waals surface area contributed by atoms with Crippen molar-refractivity contribution in [3.05, 3.63) is 58.9 Å². The van der Waals surface area contributed by atoms with Gasteiger partial charge in [0.1, 0.15) is 0 Å². The number of H-pyrrole nitrogens is 1. The van der Waals surface area contributed by atoms with Crippen molar-refractivity contribution in [3.8, 4) is 0 Å². The van der Waals surface area contributed by atoms with Gasteiger partial charge in [-0.1, -0.05) is 0 Å². The summed E-state index contributed by atoms with van der Waals surface area (Å²) in [7, 11) is 0. The molecule has 0 unspecified atom stereocenters. The maximum Gasteiger partial charge on any atom is 0.269 e. The first-order valence-electron chi connectivity index (χ1n) is 3.85. The molecule has 0 atom stereocenters. The van der Waals surface area contributed by atoms with Gasteiger partial charge in [-0.2, -0.15) is 5.10 Å². The molecule has 0 saturated heterocycles. The number of nitrogens with zero attached hydrogens (tertiary/aromatic N) is 2. The van der Waals surface area contributed by atoms with E-state index >= 15 is 0 Å². The first-order chi connectivity index (χ1) is 6.80. The largest absolute Gasteiger partial charge is 0.286 e. The Hall–Kier alpha value is -2.17. The van der Waals surface area contributed by atoms with Crippen molar-refractivity contribution in [1.82, 2.24) is 10.2 Å². The summed E-state index contributed by atoms with van der Waals surface area (Å²) < 4.78 is 0. The Kier molecular flexibility index (Phi) is 3.87. The molecular formula is C9H8N3O2. The average molecular weight is 190 g/mol. The topological polar surface area (TPSA) is 71.8 Å². The SMILES string of the molecule is O=[N+]([O-])c1cc[c]cc1.c1cn[nH]c1. The van der Waals surface area contributed by atoms with Crippen molar-refractivity contribution in [2.75, 3.05) is 0 Å². The summed E-state index contributed by atoms with van der Waals surface area (Å²) in [5.41, 5.74) is 0.105. The van der Waals surface area contributed by atoms with E-state index in [1.165, 1.54) is 24.3 Å². The van der Waals surface area contributed by atoms with Gasteiger partial charge in [0.2, 0.25) is 0 Å². The van der Waals surface area contributed by atoms with Crippen molar-refractivity contribution in [3.63, 3.8) is 0 Å². The molecule has 5 heteroatoms. The van der Waals surface area contributed by atoms with Crippen LogP contribution in [0.4, 0.5) is 5.69 Å². The van der Waals surface area contributed by atoms with Crippen molar-refractivity contribution in [2.24, 2.45) is 0 Å². The minimum Gasteiger partial charge on any atom is -0.286 e. The molecule has 1 N–H and O–H groups in total. The second kappa shape index (κ2) is 5.47. The Balaban J connectivity index is 0.000000165. The molecule has 1 radical (unpaired) electrons. The van der Waals surface area contributed by atoms with Gasteiger partial charge in [0, 0.05) is 24.5 Å². The van der Waals surface area contributed by atoms with E-state index in [9.17, 15) is 10.1 Å². The highest BCUT2D eigenvalue weighted by molar-refractivity contribution is 5.27. The summed E-state index contributed by atoms with van der Waals surface area (Å²) in [5.74, 6) is 0. The van der Waals surface area contributed by atoms with Crippen LogP contribution in [0.3, 0.4) is 0 Å². The molecular weight excluding hydrogens is 182 g/mol. The van der Waals surface area contributed by atoms with Gasteiger partial charge in [0.05, 0.1) is 4.92 Å². The molecule has 2 rings (SSSR count). The normalized spacial score (nSPS) is 8.57. The highest BCUT2D eigenvalue weighted by Gasteiger charge is 1.98. The van der Waals surface area contributed by atoms with E-state index < -0.39 is 4.92 Å². The number of non-ortho nitro benzene ring substituents is 1. The predicted octanol–water partition coefficient (Wildman–Crippen LogP) is 1.80. The summed E-state index contributed by atoms with van der Waals surface area (Å²) in [5, 5.41) is 16.2. The van der Waals surface area contributed by atoms with Crippen LogP contribution in [-0.4, -0.2) is 15.1 Å². The van der Waals surface area contributed by atoms with Crippen molar-refractivity contribution < 1.29 is 4.92 Å². The molecule has 5 nitrogen and oxygen atoms in total. The second-order valence-electron chi connectivity index (χ2n) is 2.28. The Morgan fingerprint density at radius 3 is 2.43 bits per heavy atom. The molecule has 0 aliphatic carbocycles. The maximum atomic E-state index is 9.99. The fourth-order valence-electron chi connectivity index (χ4n) is 0.715. The first-order valence-corrected chi connectivity index (χ1v) is 3.85. The molecule has 0 bridgehead atoms. The van der Waals surface area contributed by atoms with Gasteiger partial charge in [-0.3, -0.25) is 15.2 Å². The summed E-state index contributed by atoms with van der Waals surface area (Å²) in [6.07, 6.45) is 3.46. The Morgan fingerprint density at radius 2 is 2.14 bits per heavy atom. The van der Waals surface area contributed by atoms with Crippen molar-refractivity contribution in [2.45, 2.75) is 0 Å². The number of benzene rings is 1. The van der Waals surface area contributed by atoms with Gasteiger partial charge < -0.3 is 0 Å². The van der Waals surface area contributed by atoms with Crippen molar-refractivity contribution in [1.29, 1.82) is 0 Å². The zero-order valence-electron chi connectivity index (χ0n) is 7.25. The van der Waals surface area contributed by atoms with E-state index in [-0.39, 0.29) is 5.69 Å². The standard InChI is InChI=1S/C6H4NO2.C3H4N2/c8-7(9)6-4-2-1-3-5-6;1-2-4-5-3-1/h2-5H;1-3H,(H,4,5). The molecule has 0 spiro atoms. The lowest BCUT2D eigenvalue weighted by molar-refractivity contribution is -0.384. The minimum absolute atomic E-state index is 0.105. The van der Waals surface area contributed by atoms with Gasteiger partial charge in [-0.05, 0) is 24.3 Å². The number of nitro benzene ring substituents is 1. The molecule has 14 heavy (non-hydrogen) atoms. The third kappa shape index (κ3) is 3.48. The Labute approximate surface area is 80.5 Å². The van der Waals surface area contributed by atoms with Crippen molar-refractivity contribution >= 4 is 5.69 Å². The molecule has 0 amide bonds. The molecule has 1 aromatic heterocycles. The smallest absolute Gasteiger partial charge is 0.269 e. The lowest BCUT2D eigenvalue weighted by atomic mass is 10.3. The summed E-state index contributed by atoms with van der Waals surface area (Å²) in [4.78, 5) is 9.56. The number of aromatic amines is 1. The number of aromatic nitrogens is 2. The monoisotopic (exact) mass is 190 g/mol. The Morgan fingerprint density at radius 1 is 1.43 bits per heavy atom. The number of nitrogens with one attached hydrogen (secondary N) is 1. The number of nitro groups is 1. The van der Waals surface area contributed by atoms with Crippen LogP contribution in [0, 0.1) is 16.2 Å². The molecule has 1 aromatic carbocycles. The maximum absolute atomic E-state index is 9.99. The van der Waals surface area contributed by atoms with E-state index in [1.807, 2.05) is 6.07 Å². The lowest BCUT2D eigenvalue weighted by Gasteiger charge is -1.84. The highest BCUT2D eigenvalue weighted by atomic mass is 16.6. The van der Waals surface area contributed by atoms with Crippen LogP contribution in [0.5, 0.6) is 0 Å². The molecule has 2 aromatic rings. The fourth-order valence-corrected chi connectivity index (χ4v) is 0.715. The number of hydrogen-bond donors (Lipinski definition) is 1. The van der Waals surface area contributed by atoms with Gasteiger partial charge in [-0.15, -0.1) is 0 Å². The van der Waals surface area contributed by atoms with Gasteiger partial charge in [0.25, 0.3) is 5.69 Å². The van der Waals surface area contributed by atoms with E-state index in [2.05, 4.69) is 16.3 Å². The highest BCUT2D eigenvalue weighted by Crippen LogP contribution is 2.06. The van der Waals surface area contributed by atoms with Crippen LogP contribution in [0.2, 0.25) is 0 Å². The summed E-state index contributed by atoms with van der Waals surface area (Å²) in [6, 6.07) is 10.3. The van der Waals surface area contributed by atoms with Crippen LogP contribution in [0.1, 0.15) is 0 Å².